The number of rotatable bonds is 5. The van der Waals surface area contributed by atoms with Crippen LogP contribution < -0.4 is 5.73 Å². The van der Waals surface area contributed by atoms with Crippen molar-refractivity contribution in [3.05, 3.63) is 85.9 Å². The summed E-state index contributed by atoms with van der Waals surface area (Å²) in [6, 6.07) is 11.7. The fourth-order valence-electron chi connectivity index (χ4n) is 7.36. The van der Waals surface area contributed by atoms with Crippen molar-refractivity contribution in [3.63, 3.8) is 0 Å². The zero-order chi connectivity index (χ0) is 32.7. The lowest BCUT2D eigenvalue weighted by Gasteiger charge is -2.53. The quantitative estimate of drug-likeness (QED) is 0.228. The third kappa shape index (κ3) is 4.27. The Morgan fingerprint density at radius 2 is 1.76 bits per heavy atom. The number of carbonyl (C=O) groups is 3. The van der Waals surface area contributed by atoms with Crippen molar-refractivity contribution in [2.75, 3.05) is 14.1 Å². The molecule has 3 aliphatic carbocycles. The number of primary amides is 1. The van der Waals surface area contributed by atoms with Crippen molar-refractivity contribution in [2.45, 2.75) is 43.9 Å². The first kappa shape index (κ1) is 30.7. The highest BCUT2D eigenvalue weighted by Crippen LogP contribution is 2.56. The number of nitrogens with zero attached hydrogens (tertiary/aromatic N) is 2. The van der Waals surface area contributed by atoms with Crippen molar-refractivity contribution < 1.29 is 39.9 Å². The number of aliphatic hydroxyl groups excluding tert-OH is 3. The number of likely N-dealkylation sites (N-methyl/N-ethyl adjacent to an activating group) is 1. The van der Waals surface area contributed by atoms with Gasteiger partial charge in [0, 0.05) is 33.9 Å². The average molecular weight is 632 g/mol. The minimum Gasteiger partial charge on any atom is -0.508 e. The molecular formula is C33H33N3O8S. The van der Waals surface area contributed by atoms with E-state index in [-0.39, 0.29) is 17.7 Å². The summed E-state index contributed by atoms with van der Waals surface area (Å²) in [7, 11) is 2.94. The molecule has 11 nitrogen and oxygen atoms in total. The number of benzene rings is 2. The molecule has 1 amide bonds. The molecule has 0 unspecified atom stereocenters. The Morgan fingerprint density at radius 1 is 1.09 bits per heavy atom. The summed E-state index contributed by atoms with van der Waals surface area (Å²) in [5.74, 6) is -9.11. The third-order valence-corrected chi connectivity index (χ3v) is 10.4. The Bertz CT molecular complexity index is 1850. The largest absolute Gasteiger partial charge is 0.508 e. The van der Waals surface area contributed by atoms with Crippen LogP contribution in [0.1, 0.15) is 39.4 Å². The molecule has 1 heterocycles. The number of thiazole rings is 1. The second-order valence-electron chi connectivity index (χ2n) is 12.1. The Balaban J connectivity index is 1.48. The Morgan fingerprint density at radius 3 is 2.38 bits per heavy atom. The normalized spacial score (nSPS) is 27.8. The maximum absolute atomic E-state index is 14.2. The van der Waals surface area contributed by atoms with Crippen LogP contribution in [-0.2, 0) is 20.8 Å². The predicted molar refractivity (Wildman–Crippen MR) is 165 cm³/mol. The molecule has 3 aromatic rings. The van der Waals surface area contributed by atoms with E-state index in [1.54, 1.807) is 19.1 Å². The number of aryl methyl sites for hydroxylation is 1. The molecule has 7 N–H and O–H groups in total. The summed E-state index contributed by atoms with van der Waals surface area (Å²) in [5.41, 5.74) is 3.66. The van der Waals surface area contributed by atoms with Crippen LogP contribution in [0.25, 0.3) is 17.0 Å². The van der Waals surface area contributed by atoms with Gasteiger partial charge in [-0.3, -0.25) is 19.3 Å². The van der Waals surface area contributed by atoms with E-state index in [0.717, 1.165) is 16.1 Å². The van der Waals surface area contributed by atoms with Crippen molar-refractivity contribution >= 4 is 34.6 Å². The lowest BCUT2D eigenvalue weighted by Crippen LogP contribution is -2.70. The van der Waals surface area contributed by atoms with Gasteiger partial charge < -0.3 is 31.3 Å². The summed E-state index contributed by atoms with van der Waals surface area (Å²) in [6.45, 7) is 3.66. The Labute approximate surface area is 262 Å². The molecule has 0 saturated heterocycles. The number of hydrogen-bond acceptors (Lipinski definition) is 11. The highest BCUT2D eigenvalue weighted by Gasteiger charge is 2.68. The summed E-state index contributed by atoms with van der Waals surface area (Å²) in [6.07, 6.45) is -1.42. The van der Waals surface area contributed by atoms with Crippen LogP contribution in [0.3, 0.4) is 0 Å². The molecule has 2 aromatic carbocycles. The summed E-state index contributed by atoms with van der Waals surface area (Å²) >= 11 is 1.47. The molecule has 3 aliphatic rings. The Hall–Kier alpha value is -4.36. The summed E-state index contributed by atoms with van der Waals surface area (Å²) in [5, 5.41) is 58.5. The van der Waals surface area contributed by atoms with Gasteiger partial charge in [-0.2, -0.15) is 0 Å². The molecule has 6 rings (SSSR count). The van der Waals surface area contributed by atoms with Gasteiger partial charge >= 0.3 is 0 Å². The number of hydrogen-bond donors (Lipinski definition) is 6. The molecule has 1 saturated carbocycles. The van der Waals surface area contributed by atoms with Gasteiger partial charge in [0.1, 0.15) is 22.8 Å². The lowest BCUT2D eigenvalue weighted by atomic mass is 9.54. The molecule has 0 radical (unpaired) electrons. The zero-order valence-corrected chi connectivity index (χ0v) is 25.8. The molecule has 0 bridgehead atoms. The summed E-state index contributed by atoms with van der Waals surface area (Å²) in [4.78, 5) is 46.8. The number of Topliss-reactive ketones (excluding diaryl/α,β-unsaturated/α-hetero) is 2. The van der Waals surface area contributed by atoms with Gasteiger partial charge in [0.2, 0.25) is 5.78 Å². The number of aromatic hydroxyl groups is 1. The standard InChI is InChI=1S/C33H33N3O8S/c1-13-17-11-10-16(12-18-35-24(14(2)45-18)15-8-6-5-7-9-15)26(37)20(17)27(38)21-19(13)28(39)23-25(36(3)4)29(40)22(32(34)43)31(42)33(23,44)30(21)41/h5-11,13,19,23,25,28,37-39,42,44H,12H2,1-4H3,(H2,34,43)/t13-,19+,23+,25-,28-,33-/m0/s1. The molecule has 0 spiro atoms. The van der Waals surface area contributed by atoms with E-state index in [1.165, 1.54) is 30.3 Å². The molecule has 0 aliphatic heterocycles. The first-order chi connectivity index (χ1) is 21.2. The smallest absolute Gasteiger partial charge is 0.255 e. The molecule has 12 heteroatoms. The van der Waals surface area contributed by atoms with Gasteiger partial charge in [-0.25, -0.2) is 4.98 Å². The van der Waals surface area contributed by atoms with Crippen LogP contribution >= 0.6 is 11.3 Å². The van der Waals surface area contributed by atoms with Gasteiger partial charge in [-0.1, -0.05) is 49.4 Å². The molecule has 45 heavy (non-hydrogen) atoms. The second kappa shape index (κ2) is 10.6. The van der Waals surface area contributed by atoms with Crippen molar-refractivity contribution in [1.29, 1.82) is 0 Å². The lowest BCUT2D eigenvalue weighted by molar-refractivity contribution is -0.169. The molecule has 1 fully saturated rings. The van der Waals surface area contributed by atoms with E-state index in [2.05, 4.69) is 0 Å². The van der Waals surface area contributed by atoms with E-state index in [4.69, 9.17) is 10.7 Å². The average Bonchev–Trinajstić information content (AvgIpc) is 3.35. The SMILES string of the molecule is Cc1sc(Cc2ccc3c(c2O)C(O)=C2C(=O)[C@]4(O)C(O)=C(C(N)=O)C(=O)[C@@H](N(C)C)[C@@H]4[C@@H](O)[C@@H]2[C@H]3C)nc1-c1ccccc1. The van der Waals surface area contributed by atoms with E-state index in [1.807, 2.05) is 37.3 Å². The van der Waals surface area contributed by atoms with Crippen LogP contribution in [0.4, 0.5) is 0 Å². The third-order valence-electron chi connectivity index (χ3n) is 9.44. The van der Waals surface area contributed by atoms with Crippen LogP contribution in [0, 0.1) is 18.8 Å². The predicted octanol–water partition coefficient (Wildman–Crippen LogP) is 2.52. The van der Waals surface area contributed by atoms with Crippen molar-refractivity contribution in [1.82, 2.24) is 9.88 Å². The van der Waals surface area contributed by atoms with E-state index in [0.29, 0.717) is 16.1 Å². The Kier molecular flexibility index (Phi) is 7.24. The van der Waals surface area contributed by atoms with Crippen molar-refractivity contribution in [2.24, 2.45) is 17.6 Å². The number of ketones is 2. The second-order valence-corrected chi connectivity index (χ2v) is 13.4. The number of aliphatic hydroxyl groups is 4. The first-order valence-electron chi connectivity index (χ1n) is 14.4. The molecule has 6 atom stereocenters. The number of phenolic OH excluding ortho intramolecular Hbond substituents is 1. The highest BCUT2D eigenvalue weighted by atomic mass is 32.1. The van der Waals surface area contributed by atoms with E-state index < -0.39 is 75.6 Å². The van der Waals surface area contributed by atoms with E-state index >= 15 is 0 Å². The molecule has 234 valence electrons. The first-order valence-corrected chi connectivity index (χ1v) is 15.2. The number of aromatic nitrogens is 1. The zero-order valence-electron chi connectivity index (χ0n) is 25.0. The maximum atomic E-state index is 14.2. The number of amides is 1. The van der Waals surface area contributed by atoms with Gasteiger partial charge in [-0.05, 0) is 32.5 Å². The monoisotopic (exact) mass is 631 g/mol. The van der Waals surface area contributed by atoms with Crippen LogP contribution in [0.15, 0.2) is 59.4 Å². The molecule has 1 aromatic heterocycles. The fourth-order valence-corrected chi connectivity index (χ4v) is 8.33. The summed E-state index contributed by atoms with van der Waals surface area (Å²) < 4.78 is 0. The number of fused-ring (bicyclic) bond motifs is 3. The van der Waals surface area contributed by atoms with Gasteiger partial charge in [0.15, 0.2) is 11.4 Å². The molecular weight excluding hydrogens is 598 g/mol. The van der Waals surface area contributed by atoms with Crippen molar-refractivity contribution in [3.8, 4) is 17.0 Å². The number of nitrogens with two attached hydrogens (primary N) is 1. The van der Waals surface area contributed by atoms with Gasteiger partial charge in [0.25, 0.3) is 5.91 Å². The van der Waals surface area contributed by atoms with Crippen LogP contribution in [0.5, 0.6) is 5.75 Å². The number of phenols is 1. The maximum Gasteiger partial charge on any atom is 0.255 e. The van der Waals surface area contributed by atoms with Gasteiger partial charge in [0.05, 0.1) is 34.3 Å². The van der Waals surface area contributed by atoms with Crippen LogP contribution in [0.2, 0.25) is 0 Å². The number of carbonyl (C=O) groups excluding carboxylic acids is 3. The van der Waals surface area contributed by atoms with Gasteiger partial charge in [-0.15, -0.1) is 11.3 Å². The minimum atomic E-state index is -2.96. The van der Waals surface area contributed by atoms with E-state index in [9.17, 15) is 39.9 Å². The minimum absolute atomic E-state index is 0.0416. The highest BCUT2D eigenvalue weighted by molar-refractivity contribution is 7.12. The van der Waals surface area contributed by atoms with Crippen LogP contribution in [-0.4, -0.2) is 84.7 Å². The fraction of sp³-hybridized carbons (Fsp3) is 0.333. The topological polar surface area (TPSA) is 195 Å².